The van der Waals surface area contributed by atoms with E-state index in [1.165, 1.54) is 10.9 Å². The number of para-hydroxylation sites is 1. The van der Waals surface area contributed by atoms with E-state index in [0.717, 1.165) is 0 Å². The molecule has 0 spiro atoms. The van der Waals surface area contributed by atoms with E-state index < -0.39 is 5.91 Å². The second-order valence-corrected chi connectivity index (χ2v) is 6.55. The number of nitrogens with one attached hydrogen (secondary N) is 2. The van der Waals surface area contributed by atoms with Crippen LogP contribution in [0.25, 0.3) is 16.7 Å². The predicted octanol–water partition coefficient (Wildman–Crippen LogP) is 3.64. The lowest BCUT2D eigenvalue weighted by atomic mass is 10.2. The zero-order valence-electron chi connectivity index (χ0n) is 14.8. The van der Waals surface area contributed by atoms with Crippen molar-refractivity contribution in [3.8, 4) is 5.69 Å². The molecule has 2 aromatic carbocycles. The van der Waals surface area contributed by atoms with E-state index in [1.54, 1.807) is 31.2 Å². The first kappa shape index (κ1) is 17.8. The zero-order valence-corrected chi connectivity index (χ0v) is 15.5. The Morgan fingerprint density at radius 2 is 2.00 bits per heavy atom. The van der Waals surface area contributed by atoms with Gasteiger partial charge >= 0.3 is 5.91 Å². The van der Waals surface area contributed by atoms with Crippen LogP contribution >= 0.6 is 11.6 Å². The molecular weight excluding hydrogens is 380 g/mol. The van der Waals surface area contributed by atoms with E-state index in [1.807, 2.05) is 30.3 Å². The van der Waals surface area contributed by atoms with Crippen molar-refractivity contribution < 1.29 is 9.21 Å². The van der Waals surface area contributed by atoms with Gasteiger partial charge in [-0.3, -0.25) is 14.7 Å². The van der Waals surface area contributed by atoms with Crippen molar-refractivity contribution in [3.05, 3.63) is 87.0 Å². The summed E-state index contributed by atoms with van der Waals surface area (Å²) in [7, 11) is 0. The SMILES string of the molecule is Cc1[nH]n(-c2ccccc2)c(=O)c1/C=N\NC(=O)c1cc2cc(Cl)ccc2o1. The Balaban J connectivity index is 1.54. The van der Waals surface area contributed by atoms with E-state index >= 15 is 0 Å². The van der Waals surface area contributed by atoms with E-state index in [9.17, 15) is 9.59 Å². The first-order valence-electron chi connectivity index (χ1n) is 8.42. The molecule has 0 aliphatic heterocycles. The van der Waals surface area contributed by atoms with Crippen LogP contribution in [0.2, 0.25) is 5.02 Å². The largest absolute Gasteiger partial charge is 0.451 e. The van der Waals surface area contributed by atoms with Crippen molar-refractivity contribution in [1.29, 1.82) is 0 Å². The number of carbonyl (C=O) groups excluding carboxylic acids is 1. The highest BCUT2D eigenvalue weighted by atomic mass is 35.5. The van der Waals surface area contributed by atoms with E-state index in [4.69, 9.17) is 16.0 Å². The summed E-state index contributed by atoms with van der Waals surface area (Å²) < 4.78 is 6.90. The van der Waals surface area contributed by atoms with Gasteiger partial charge in [-0.1, -0.05) is 29.8 Å². The molecule has 8 heteroatoms. The Labute approximate surface area is 164 Å². The number of H-pyrrole nitrogens is 1. The normalized spacial score (nSPS) is 11.4. The summed E-state index contributed by atoms with van der Waals surface area (Å²) in [6.07, 6.45) is 1.31. The summed E-state index contributed by atoms with van der Waals surface area (Å²) in [5, 5.41) is 8.15. The van der Waals surface area contributed by atoms with Gasteiger partial charge < -0.3 is 4.42 Å². The smallest absolute Gasteiger partial charge is 0.307 e. The van der Waals surface area contributed by atoms with Crippen LogP contribution in [0.5, 0.6) is 0 Å². The molecule has 7 nitrogen and oxygen atoms in total. The van der Waals surface area contributed by atoms with Crippen molar-refractivity contribution in [1.82, 2.24) is 15.2 Å². The van der Waals surface area contributed by atoms with Crippen LogP contribution in [0.15, 0.2) is 68.9 Å². The van der Waals surface area contributed by atoms with Crippen LogP contribution in [-0.4, -0.2) is 21.9 Å². The highest BCUT2D eigenvalue weighted by Crippen LogP contribution is 2.22. The van der Waals surface area contributed by atoms with E-state index in [-0.39, 0.29) is 11.3 Å². The number of nitrogens with zero attached hydrogens (tertiary/aromatic N) is 2. The first-order chi connectivity index (χ1) is 13.5. The van der Waals surface area contributed by atoms with Crippen molar-refractivity contribution >= 4 is 34.7 Å². The maximum Gasteiger partial charge on any atom is 0.307 e. The molecule has 0 radical (unpaired) electrons. The lowest BCUT2D eigenvalue weighted by Gasteiger charge is -1.99. The van der Waals surface area contributed by atoms with Gasteiger partial charge in [-0.15, -0.1) is 0 Å². The zero-order chi connectivity index (χ0) is 19.7. The van der Waals surface area contributed by atoms with Crippen molar-refractivity contribution in [2.45, 2.75) is 6.92 Å². The minimum Gasteiger partial charge on any atom is -0.451 e. The monoisotopic (exact) mass is 394 g/mol. The third-order valence-corrected chi connectivity index (χ3v) is 4.43. The van der Waals surface area contributed by atoms with Gasteiger partial charge in [-0.2, -0.15) is 5.10 Å². The third-order valence-electron chi connectivity index (χ3n) is 4.19. The van der Waals surface area contributed by atoms with Gasteiger partial charge in [0, 0.05) is 16.1 Å². The topological polar surface area (TPSA) is 92.4 Å². The van der Waals surface area contributed by atoms with Gasteiger partial charge in [0.15, 0.2) is 5.76 Å². The number of hydrogen-bond acceptors (Lipinski definition) is 4. The molecule has 0 aliphatic carbocycles. The predicted molar refractivity (Wildman–Crippen MR) is 107 cm³/mol. The Hall–Kier alpha value is -3.58. The lowest BCUT2D eigenvalue weighted by Crippen LogP contribution is -2.19. The third kappa shape index (κ3) is 3.35. The maximum atomic E-state index is 12.6. The number of aryl methyl sites for hydroxylation is 1. The number of furan rings is 1. The summed E-state index contributed by atoms with van der Waals surface area (Å²) in [5.41, 5.74) is 4.34. The van der Waals surface area contributed by atoms with Gasteiger partial charge in [-0.05, 0) is 43.3 Å². The molecule has 4 rings (SSSR count). The van der Waals surface area contributed by atoms with Gasteiger partial charge in [0.2, 0.25) is 0 Å². The molecule has 4 aromatic rings. The highest BCUT2D eigenvalue weighted by Gasteiger charge is 2.13. The molecule has 0 atom stereocenters. The summed E-state index contributed by atoms with van der Waals surface area (Å²) in [6.45, 7) is 1.76. The van der Waals surface area contributed by atoms with Crippen LogP contribution in [0, 0.1) is 6.92 Å². The molecule has 28 heavy (non-hydrogen) atoms. The number of hydrogen-bond donors (Lipinski definition) is 2. The summed E-state index contributed by atoms with van der Waals surface area (Å²) in [6, 6.07) is 15.8. The molecule has 0 saturated carbocycles. The maximum absolute atomic E-state index is 12.6. The Morgan fingerprint density at radius 3 is 2.79 bits per heavy atom. The number of hydrazone groups is 1. The summed E-state index contributed by atoms with van der Waals surface area (Å²) in [5.74, 6) is -0.429. The van der Waals surface area contributed by atoms with Gasteiger partial charge in [0.25, 0.3) is 5.56 Å². The Bertz CT molecular complexity index is 1250. The molecular formula is C20H15ClN4O3. The number of rotatable bonds is 4. The average molecular weight is 395 g/mol. The highest BCUT2D eigenvalue weighted by molar-refractivity contribution is 6.31. The minimum absolute atomic E-state index is 0.0990. The second-order valence-electron chi connectivity index (χ2n) is 6.12. The molecule has 0 bridgehead atoms. The fourth-order valence-corrected chi connectivity index (χ4v) is 2.99. The molecule has 0 saturated heterocycles. The summed E-state index contributed by atoms with van der Waals surface area (Å²) >= 11 is 5.93. The summed E-state index contributed by atoms with van der Waals surface area (Å²) in [4.78, 5) is 24.8. The van der Waals surface area contributed by atoms with Crippen LogP contribution in [0.4, 0.5) is 0 Å². The average Bonchev–Trinajstić information content (AvgIpc) is 3.24. The Kier molecular flexibility index (Phi) is 4.58. The number of aromatic nitrogens is 2. The van der Waals surface area contributed by atoms with Crippen LogP contribution in [-0.2, 0) is 0 Å². The van der Waals surface area contributed by atoms with Crippen molar-refractivity contribution in [2.24, 2.45) is 5.10 Å². The molecule has 0 fully saturated rings. The van der Waals surface area contributed by atoms with Crippen LogP contribution in [0.1, 0.15) is 21.8 Å². The lowest BCUT2D eigenvalue weighted by molar-refractivity contribution is 0.0929. The van der Waals surface area contributed by atoms with E-state index in [2.05, 4.69) is 15.6 Å². The van der Waals surface area contributed by atoms with Gasteiger partial charge in [0.05, 0.1) is 17.5 Å². The number of amides is 1. The molecule has 2 N–H and O–H groups in total. The quantitative estimate of drug-likeness (QED) is 0.409. The molecule has 0 unspecified atom stereocenters. The fourth-order valence-electron chi connectivity index (χ4n) is 2.81. The standard InChI is InChI=1S/C20H15ClN4O3/c1-12-16(20(27)25(24-12)15-5-3-2-4-6-15)11-22-23-19(26)18-10-13-9-14(21)7-8-17(13)28-18/h2-11,24H,1H3,(H,23,26)/b22-11-. The molecule has 140 valence electrons. The van der Waals surface area contributed by atoms with Crippen molar-refractivity contribution in [3.63, 3.8) is 0 Å². The minimum atomic E-state index is -0.528. The first-order valence-corrected chi connectivity index (χ1v) is 8.80. The molecule has 2 heterocycles. The van der Waals surface area contributed by atoms with Crippen LogP contribution in [0.3, 0.4) is 0 Å². The number of halogens is 1. The van der Waals surface area contributed by atoms with E-state index in [0.29, 0.717) is 32.9 Å². The second kappa shape index (κ2) is 7.21. The van der Waals surface area contributed by atoms with Gasteiger partial charge in [-0.25, -0.2) is 10.1 Å². The van der Waals surface area contributed by atoms with Gasteiger partial charge in [0.1, 0.15) is 5.58 Å². The molecule has 1 amide bonds. The number of benzene rings is 2. The number of carbonyl (C=O) groups is 1. The van der Waals surface area contributed by atoms with Crippen LogP contribution < -0.4 is 11.0 Å². The fraction of sp³-hybridized carbons (Fsp3) is 0.0500. The molecule has 2 aromatic heterocycles. The number of fused-ring (bicyclic) bond motifs is 1. The Morgan fingerprint density at radius 1 is 1.21 bits per heavy atom. The number of aromatic amines is 1. The molecule has 0 aliphatic rings. The van der Waals surface area contributed by atoms with Crippen molar-refractivity contribution in [2.75, 3.05) is 0 Å².